The molecule has 0 radical (unpaired) electrons. The molecule has 7 saturated carbocycles. The van der Waals surface area contributed by atoms with Gasteiger partial charge in [-0.05, 0) is 210 Å². The normalized spacial score (nSPS) is 32.6. The van der Waals surface area contributed by atoms with E-state index in [-0.39, 0.29) is 5.82 Å². The molecule has 4 aromatic rings. The molecule has 84 heavy (non-hydrogen) atoms. The lowest BCUT2D eigenvalue weighted by molar-refractivity contribution is 0.134. The van der Waals surface area contributed by atoms with E-state index < -0.39 is 0 Å². The van der Waals surface area contributed by atoms with Crippen LogP contribution in [-0.2, 0) is 0 Å². The second-order valence-corrected chi connectivity index (χ2v) is 28.8. The fraction of sp³-hybridized carbons (Fsp3) is 0.649. The molecule has 12 aliphatic rings. The summed E-state index contributed by atoms with van der Waals surface area (Å²) in [7, 11) is 1.77. The number of halogens is 1. The Bertz CT molecular complexity index is 2830. The first-order chi connectivity index (χ1) is 41.0. The van der Waals surface area contributed by atoms with Gasteiger partial charge in [-0.25, -0.2) is 4.39 Å². The molecule has 8 bridgehead atoms. The van der Waals surface area contributed by atoms with Gasteiger partial charge in [-0.2, -0.15) is 0 Å². The zero-order chi connectivity index (χ0) is 57.3. The first-order valence-corrected chi connectivity index (χ1v) is 34.2. The molecule has 10 heteroatoms. The second kappa shape index (κ2) is 26.4. The minimum Gasteiger partial charge on any atom is -0.495 e. The topological polar surface area (TPSA) is 35.2 Å². The Morgan fingerprint density at radius 1 is 0.417 bits per heavy atom. The molecule has 11 fully saturated rings. The molecule has 4 aliphatic heterocycles. The van der Waals surface area contributed by atoms with Crippen molar-refractivity contribution in [1.82, 2.24) is 19.6 Å². The molecule has 12 unspecified atom stereocenters. The number of ether oxygens (including phenoxy) is 1. The van der Waals surface area contributed by atoms with Gasteiger partial charge in [0.25, 0.3) is 0 Å². The Kier molecular flexibility index (Phi) is 18.3. The van der Waals surface area contributed by atoms with Crippen LogP contribution < -0.4 is 24.3 Å². The number of piperazine rings is 4. The van der Waals surface area contributed by atoms with E-state index in [1.807, 2.05) is 18.2 Å². The van der Waals surface area contributed by atoms with Gasteiger partial charge in [0.1, 0.15) is 11.6 Å². The number of rotatable bonds is 10. The number of para-hydroxylation sites is 3. The predicted octanol–water partition coefficient (Wildman–Crippen LogP) is 13.4. The number of hydrogen-bond acceptors (Lipinski definition) is 9. The van der Waals surface area contributed by atoms with Crippen LogP contribution in [-0.4, -0.2) is 156 Å². The maximum atomic E-state index is 13.8. The van der Waals surface area contributed by atoms with Crippen LogP contribution in [0.5, 0.6) is 5.75 Å². The van der Waals surface area contributed by atoms with Crippen LogP contribution in [0, 0.1) is 86.8 Å². The molecule has 8 aliphatic carbocycles. The van der Waals surface area contributed by atoms with Crippen molar-refractivity contribution in [3.05, 3.63) is 125 Å². The summed E-state index contributed by atoms with van der Waals surface area (Å²) in [5.74, 6) is 9.77. The molecule has 9 nitrogen and oxygen atoms in total. The Morgan fingerprint density at radius 2 is 0.845 bits per heavy atom. The van der Waals surface area contributed by atoms with Crippen LogP contribution in [0.25, 0.3) is 0 Å². The number of anilines is 4. The lowest BCUT2D eigenvalue weighted by Crippen LogP contribution is -2.52. The van der Waals surface area contributed by atoms with Crippen LogP contribution in [0.4, 0.5) is 27.1 Å². The lowest BCUT2D eigenvalue weighted by Gasteiger charge is -2.42. The summed E-state index contributed by atoms with van der Waals surface area (Å²) in [6, 6.07) is 31.9. The molecule has 4 saturated heterocycles. The Hall–Kier alpha value is -4.61. The zero-order valence-corrected chi connectivity index (χ0v) is 52.5. The van der Waals surface area contributed by atoms with E-state index in [0.717, 1.165) is 122 Å². The number of benzene rings is 4. The van der Waals surface area contributed by atoms with E-state index in [0.29, 0.717) is 0 Å². The molecule has 0 spiro atoms. The van der Waals surface area contributed by atoms with Crippen LogP contribution in [0.3, 0.4) is 0 Å². The van der Waals surface area contributed by atoms with Crippen LogP contribution in [0.15, 0.2) is 97.1 Å². The Morgan fingerprint density at radius 3 is 1.25 bits per heavy atom. The summed E-state index contributed by atoms with van der Waals surface area (Å²) in [6.07, 6.45) is 25.7. The maximum absolute atomic E-state index is 13.8. The van der Waals surface area contributed by atoms with Crippen LogP contribution in [0.2, 0.25) is 0 Å². The largest absolute Gasteiger partial charge is 0.495 e. The molecule has 0 aromatic heterocycles. The third-order valence-corrected chi connectivity index (χ3v) is 23.8. The van der Waals surface area contributed by atoms with Gasteiger partial charge in [0.05, 0.1) is 18.5 Å². The zero-order valence-electron chi connectivity index (χ0n) is 52.5. The molecular weight excluding hydrogens is 1040 g/mol. The van der Waals surface area contributed by atoms with Crippen molar-refractivity contribution < 1.29 is 9.13 Å². The van der Waals surface area contributed by atoms with Gasteiger partial charge in [0.2, 0.25) is 0 Å². The van der Waals surface area contributed by atoms with Gasteiger partial charge < -0.3 is 24.3 Å². The summed E-state index contributed by atoms with van der Waals surface area (Å²) in [5, 5.41) is 0. The molecule has 16 rings (SSSR count). The standard InChI is InChI=1S/C20H28N2.C19H28N2.C18H26N2O.C17H23FN2/c1-15-3-4-16(2)20(11-15)22-9-7-21(8-10-22)14-19-13-17-5-6-18(19)12-17;1-14-3-4-15(2)18(11-14)20-7-9-21(10-8-20)19-13-16-5-6-17(19)12-16;1-21-18-5-3-2-4-16(18)19-8-10-20(11-9-19)17-13-14-6-7-15(17)12-14;18-15-3-1-2-4-16(15)19-7-9-20(10-8-19)17-12-13-5-6-14(17)11-13/h3-6,11,17-19H,7-10,12-14H2,1-2H3;3-4,11,16-17,19H,5-10,12-13H2,1-2H3;2-5,14-15,17H,6-13H2,1H3;1-4,13-14,17H,5-12H2. The quantitative estimate of drug-likeness (QED) is 0.144. The molecule has 0 N–H and O–H groups in total. The second-order valence-electron chi connectivity index (χ2n) is 28.8. The van der Waals surface area contributed by atoms with E-state index in [4.69, 9.17) is 4.74 Å². The molecule has 454 valence electrons. The van der Waals surface area contributed by atoms with Crippen molar-refractivity contribution in [3.63, 3.8) is 0 Å². The minimum absolute atomic E-state index is 0.0825. The summed E-state index contributed by atoms with van der Waals surface area (Å²) in [5.41, 5.74) is 10.5. The highest BCUT2D eigenvalue weighted by Gasteiger charge is 2.45. The fourth-order valence-electron chi connectivity index (χ4n) is 19.2. The predicted molar refractivity (Wildman–Crippen MR) is 348 cm³/mol. The van der Waals surface area contributed by atoms with Crippen molar-refractivity contribution in [2.24, 2.45) is 53.3 Å². The lowest BCUT2D eigenvalue weighted by atomic mass is 9.93. The average molecular weight is 1140 g/mol. The van der Waals surface area contributed by atoms with Gasteiger partial charge in [-0.1, -0.05) is 79.9 Å². The molecule has 4 heterocycles. The van der Waals surface area contributed by atoms with Gasteiger partial charge in [-0.3, -0.25) is 19.6 Å². The van der Waals surface area contributed by atoms with Crippen molar-refractivity contribution in [3.8, 4) is 5.75 Å². The Labute approximate surface area is 506 Å². The number of nitrogens with zero attached hydrogens (tertiary/aromatic N) is 8. The highest BCUT2D eigenvalue weighted by atomic mass is 19.1. The van der Waals surface area contributed by atoms with E-state index in [9.17, 15) is 4.39 Å². The summed E-state index contributed by atoms with van der Waals surface area (Å²) in [4.78, 5) is 20.9. The van der Waals surface area contributed by atoms with Crippen LogP contribution >= 0.6 is 0 Å². The monoisotopic (exact) mass is 1140 g/mol. The van der Waals surface area contributed by atoms with Crippen molar-refractivity contribution in [1.29, 1.82) is 0 Å². The van der Waals surface area contributed by atoms with Gasteiger partial charge in [0.15, 0.2) is 0 Å². The maximum Gasteiger partial charge on any atom is 0.146 e. The third kappa shape index (κ3) is 13.1. The van der Waals surface area contributed by atoms with Gasteiger partial charge >= 0.3 is 0 Å². The molecule has 12 atom stereocenters. The van der Waals surface area contributed by atoms with Gasteiger partial charge in [-0.15, -0.1) is 0 Å². The Balaban J connectivity index is 0.000000105. The number of aryl methyl sites for hydroxylation is 4. The van der Waals surface area contributed by atoms with Crippen molar-refractivity contribution in [2.45, 2.75) is 136 Å². The molecule has 0 amide bonds. The van der Waals surface area contributed by atoms with E-state index >= 15 is 0 Å². The van der Waals surface area contributed by atoms with Gasteiger partial charge in [0, 0.05) is 141 Å². The average Bonchev–Trinajstić information content (AvgIpc) is 4.59. The van der Waals surface area contributed by atoms with E-state index in [2.05, 4.69) is 134 Å². The minimum atomic E-state index is -0.0825. The SMILES string of the molecule is COc1ccccc1N1CCN(C2CC3CCC2C3)CC1.Cc1ccc(C)c(N2CCN(C3CC4CCC3C4)CC2)c1.Cc1ccc(C)c(N2CCN(CC3CC4C=CC3C4)CC2)c1.Fc1ccccc1N1CCN(C2CC3CCC2C3)CC1. The highest BCUT2D eigenvalue weighted by Crippen LogP contribution is 2.50. The van der Waals surface area contributed by atoms with Crippen molar-refractivity contribution >= 4 is 22.7 Å². The first-order valence-electron chi connectivity index (χ1n) is 34.2. The fourth-order valence-corrected chi connectivity index (χ4v) is 19.2. The molecule has 4 aromatic carbocycles. The highest BCUT2D eigenvalue weighted by molar-refractivity contribution is 5.59. The van der Waals surface area contributed by atoms with E-state index in [1.165, 1.54) is 201 Å². The summed E-state index contributed by atoms with van der Waals surface area (Å²) < 4.78 is 19.3. The third-order valence-electron chi connectivity index (χ3n) is 23.8. The first kappa shape index (κ1) is 58.4. The molecular formula is C74H105FN8O. The number of hydrogen-bond donors (Lipinski definition) is 0. The number of methoxy groups -OCH3 is 1. The number of allylic oxidation sites excluding steroid dienone is 2. The van der Waals surface area contributed by atoms with Crippen molar-refractivity contribution in [2.75, 3.05) is 138 Å². The summed E-state index contributed by atoms with van der Waals surface area (Å²) >= 11 is 0. The van der Waals surface area contributed by atoms with E-state index in [1.54, 1.807) is 19.2 Å². The van der Waals surface area contributed by atoms with Crippen LogP contribution in [0.1, 0.15) is 112 Å². The number of fused-ring (bicyclic) bond motifs is 8. The summed E-state index contributed by atoms with van der Waals surface area (Å²) in [6.45, 7) is 28.8. The smallest absolute Gasteiger partial charge is 0.146 e.